The third kappa shape index (κ3) is 4.33. The molecular formula is C16H23N5O2S. The summed E-state index contributed by atoms with van der Waals surface area (Å²) < 4.78 is 7.22. The van der Waals surface area contributed by atoms with Crippen LogP contribution in [0.3, 0.4) is 0 Å². The van der Waals surface area contributed by atoms with Crippen molar-refractivity contribution in [3.63, 3.8) is 0 Å². The molecule has 0 unspecified atom stereocenters. The first-order chi connectivity index (χ1) is 11.6. The second-order valence-electron chi connectivity index (χ2n) is 6.19. The zero-order chi connectivity index (χ0) is 16.9. The fourth-order valence-corrected chi connectivity index (χ4v) is 3.50. The van der Waals surface area contributed by atoms with Crippen molar-refractivity contribution in [3.05, 3.63) is 28.3 Å². The number of anilines is 1. The SMILES string of the molecule is Cc1csc([C@H](C)CNC(=O)Nc2ccnn2C[C@H]2CCOC2)n1. The predicted octanol–water partition coefficient (Wildman–Crippen LogP) is 2.61. The summed E-state index contributed by atoms with van der Waals surface area (Å²) >= 11 is 1.63. The van der Waals surface area contributed by atoms with Crippen molar-refractivity contribution in [2.45, 2.75) is 32.7 Å². The van der Waals surface area contributed by atoms with E-state index in [1.54, 1.807) is 17.5 Å². The third-order valence-corrected chi connectivity index (χ3v) is 5.23. The van der Waals surface area contributed by atoms with Crippen LogP contribution in [0.25, 0.3) is 0 Å². The summed E-state index contributed by atoms with van der Waals surface area (Å²) in [6, 6.07) is 1.59. The lowest BCUT2D eigenvalue weighted by Gasteiger charge is -2.14. The van der Waals surface area contributed by atoms with E-state index in [0.29, 0.717) is 18.3 Å². The lowest BCUT2D eigenvalue weighted by atomic mass is 10.1. The van der Waals surface area contributed by atoms with Gasteiger partial charge in [0, 0.05) is 48.7 Å². The van der Waals surface area contributed by atoms with Gasteiger partial charge in [0.2, 0.25) is 0 Å². The lowest BCUT2D eigenvalue weighted by molar-refractivity contribution is 0.181. The monoisotopic (exact) mass is 349 g/mol. The molecule has 2 aromatic rings. The van der Waals surface area contributed by atoms with E-state index in [4.69, 9.17) is 4.74 Å². The largest absolute Gasteiger partial charge is 0.381 e. The molecule has 0 radical (unpaired) electrons. The first-order valence-electron chi connectivity index (χ1n) is 8.18. The van der Waals surface area contributed by atoms with Gasteiger partial charge in [-0.2, -0.15) is 5.10 Å². The van der Waals surface area contributed by atoms with Crippen LogP contribution >= 0.6 is 11.3 Å². The highest BCUT2D eigenvalue weighted by atomic mass is 32.1. The van der Waals surface area contributed by atoms with E-state index in [1.165, 1.54) is 0 Å². The number of aromatic nitrogens is 3. The molecule has 0 spiro atoms. The summed E-state index contributed by atoms with van der Waals surface area (Å²) in [7, 11) is 0. The summed E-state index contributed by atoms with van der Waals surface area (Å²) in [6.45, 7) is 6.91. The number of amides is 2. The van der Waals surface area contributed by atoms with Crippen LogP contribution in [0.5, 0.6) is 0 Å². The number of nitrogens with one attached hydrogen (secondary N) is 2. The van der Waals surface area contributed by atoms with E-state index in [-0.39, 0.29) is 11.9 Å². The molecule has 1 aliphatic heterocycles. The highest BCUT2D eigenvalue weighted by Gasteiger charge is 2.18. The smallest absolute Gasteiger partial charge is 0.320 e. The Morgan fingerprint density at radius 2 is 2.46 bits per heavy atom. The Morgan fingerprint density at radius 3 is 3.17 bits per heavy atom. The average Bonchev–Trinajstić information content (AvgIpc) is 3.29. The maximum absolute atomic E-state index is 12.1. The average molecular weight is 349 g/mol. The van der Waals surface area contributed by atoms with Gasteiger partial charge in [-0.25, -0.2) is 14.5 Å². The normalized spacial score (nSPS) is 18.5. The molecule has 1 fully saturated rings. The van der Waals surface area contributed by atoms with Crippen LogP contribution < -0.4 is 10.6 Å². The van der Waals surface area contributed by atoms with Crippen LogP contribution in [-0.4, -0.2) is 40.6 Å². The summed E-state index contributed by atoms with van der Waals surface area (Å²) in [6.07, 6.45) is 2.74. The quantitative estimate of drug-likeness (QED) is 0.840. The van der Waals surface area contributed by atoms with E-state index in [9.17, 15) is 4.79 Å². The highest BCUT2D eigenvalue weighted by Crippen LogP contribution is 2.19. The molecular weight excluding hydrogens is 326 g/mol. The number of carbonyl (C=O) groups is 1. The number of urea groups is 1. The van der Waals surface area contributed by atoms with Crippen molar-refractivity contribution in [1.82, 2.24) is 20.1 Å². The molecule has 0 bridgehead atoms. The van der Waals surface area contributed by atoms with Gasteiger partial charge in [0.05, 0.1) is 17.8 Å². The van der Waals surface area contributed by atoms with Gasteiger partial charge in [0.1, 0.15) is 5.82 Å². The Labute approximate surface area is 145 Å². The van der Waals surface area contributed by atoms with Crippen LogP contribution in [0.2, 0.25) is 0 Å². The summed E-state index contributed by atoms with van der Waals surface area (Å²) in [4.78, 5) is 16.6. The van der Waals surface area contributed by atoms with Gasteiger partial charge in [0.25, 0.3) is 0 Å². The molecule has 0 aliphatic carbocycles. The number of nitrogens with zero attached hydrogens (tertiary/aromatic N) is 3. The van der Waals surface area contributed by atoms with Crippen LogP contribution in [-0.2, 0) is 11.3 Å². The number of thiazole rings is 1. The second kappa shape index (κ2) is 7.76. The molecule has 2 aromatic heterocycles. The molecule has 0 saturated carbocycles. The first-order valence-corrected chi connectivity index (χ1v) is 9.06. The molecule has 2 atom stereocenters. The third-order valence-electron chi connectivity index (χ3n) is 4.04. The zero-order valence-electron chi connectivity index (χ0n) is 14.0. The van der Waals surface area contributed by atoms with E-state index < -0.39 is 0 Å². The van der Waals surface area contributed by atoms with Gasteiger partial charge in [-0.1, -0.05) is 6.92 Å². The number of rotatable bonds is 6. The first kappa shape index (κ1) is 16.9. The van der Waals surface area contributed by atoms with Crippen LogP contribution in [0.15, 0.2) is 17.6 Å². The van der Waals surface area contributed by atoms with Crippen molar-refractivity contribution in [1.29, 1.82) is 0 Å². The number of hydrogen-bond donors (Lipinski definition) is 2. The predicted molar refractivity (Wildman–Crippen MR) is 93.4 cm³/mol. The van der Waals surface area contributed by atoms with E-state index in [2.05, 4.69) is 27.6 Å². The van der Waals surface area contributed by atoms with Gasteiger partial charge in [0.15, 0.2) is 0 Å². The minimum atomic E-state index is -0.223. The molecule has 3 rings (SSSR count). The number of aryl methyl sites for hydroxylation is 1. The van der Waals surface area contributed by atoms with Crippen LogP contribution in [0.1, 0.15) is 30.0 Å². The summed E-state index contributed by atoms with van der Waals surface area (Å²) in [5, 5.41) is 13.1. The lowest BCUT2D eigenvalue weighted by Crippen LogP contribution is -2.32. The number of hydrogen-bond acceptors (Lipinski definition) is 5. The molecule has 1 aliphatic rings. The summed E-state index contributed by atoms with van der Waals surface area (Å²) in [5.41, 5.74) is 1.02. The molecule has 24 heavy (non-hydrogen) atoms. The van der Waals surface area contributed by atoms with Gasteiger partial charge in [-0.05, 0) is 13.3 Å². The van der Waals surface area contributed by atoms with Crippen molar-refractivity contribution in [3.8, 4) is 0 Å². The van der Waals surface area contributed by atoms with Crippen LogP contribution in [0.4, 0.5) is 10.6 Å². The Hall–Kier alpha value is -1.93. The van der Waals surface area contributed by atoms with Crippen molar-refractivity contribution in [2.75, 3.05) is 25.1 Å². The second-order valence-corrected chi connectivity index (χ2v) is 7.08. The maximum atomic E-state index is 12.1. The topological polar surface area (TPSA) is 81.1 Å². The molecule has 7 nitrogen and oxygen atoms in total. The molecule has 8 heteroatoms. The van der Waals surface area contributed by atoms with Gasteiger partial charge in [-0.15, -0.1) is 11.3 Å². The van der Waals surface area contributed by atoms with E-state index in [0.717, 1.165) is 36.9 Å². The Balaban J connectivity index is 1.49. The van der Waals surface area contributed by atoms with Crippen molar-refractivity contribution >= 4 is 23.2 Å². The fourth-order valence-electron chi connectivity index (χ4n) is 2.65. The number of carbonyl (C=O) groups excluding carboxylic acids is 1. The fraction of sp³-hybridized carbons (Fsp3) is 0.562. The molecule has 130 valence electrons. The van der Waals surface area contributed by atoms with E-state index in [1.807, 2.05) is 23.1 Å². The molecule has 0 aromatic carbocycles. The minimum absolute atomic E-state index is 0.190. The van der Waals surface area contributed by atoms with Gasteiger partial charge >= 0.3 is 6.03 Å². The zero-order valence-corrected chi connectivity index (χ0v) is 14.8. The number of ether oxygens (including phenoxy) is 1. The maximum Gasteiger partial charge on any atom is 0.320 e. The minimum Gasteiger partial charge on any atom is -0.381 e. The van der Waals surface area contributed by atoms with Crippen molar-refractivity contribution < 1.29 is 9.53 Å². The Bertz CT molecular complexity index is 678. The molecule has 2 amide bonds. The Kier molecular flexibility index (Phi) is 5.47. The molecule has 1 saturated heterocycles. The van der Waals surface area contributed by atoms with Crippen LogP contribution in [0, 0.1) is 12.8 Å². The molecule has 2 N–H and O–H groups in total. The Morgan fingerprint density at radius 1 is 1.58 bits per heavy atom. The van der Waals surface area contributed by atoms with Gasteiger partial charge in [-0.3, -0.25) is 5.32 Å². The standard InChI is InChI=1S/C16H23N5O2S/c1-11(15-19-12(2)10-24-15)7-17-16(22)20-14-3-5-18-21(14)8-13-4-6-23-9-13/h3,5,10-11,13H,4,6-9H2,1-2H3,(H2,17,20,22)/t11-,13-/m1/s1. The summed E-state index contributed by atoms with van der Waals surface area (Å²) in [5.74, 6) is 1.36. The van der Waals surface area contributed by atoms with E-state index >= 15 is 0 Å². The highest BCUT2D eigenvalue weighted by molar-refractivity contribution is 7.09. The van der Waals surface area contributed by atoms with Gasteiger partial charge < -0.3 is 10.1 Å². The van der Waals surface area contributed by atoms with Crippen molar-refractivity contribution in [2.24, 2.45) is 5.92 Å². The molecule has 3 heterocycles.